The zero-order valence-electron chi connectivity index (χ0n) is 19.4. The summed E-state index contributed by atoms with van der Waals surface area (Å²) in [6.07, 6.45) is 3.74. The highest BCUT2D eigenvalue weighted by Crippen LogP contribution is 2.35. The molecule has 2 aliphatic heterocycles. The van der Waals surface area contributed by atoms with Crippen molar-refractivity contribution in [3.05, 3.63) is 46.9 Å². The number of hydrogen-bond acceptors (Lipinski definition) is 5. The van der Waals surface area contributed by atoms with E-state index in [2.05, 4.69) is 13.8 Å². The van der Waals surface area contributed by atoms with Gasteiger partial charge in [0.05, 0.1) is 26.1 Å². The van der Waals surface area contributed by atoms with Gasteiger partial charge in [0.25, 0.3) is 0 Å². The lowest BCUT2D eigenvalue weighted by atomic mass is 9.99. The second-order valence-corrected chi connectivity index (χ2v) is 9.17. The molecule has 0 saturated carbocycles. The molecule has 1 saturated heterocycles. The minimum Gasteiger partial charge on any atom is -0.497 e. The number of rotatable bonds is 6. The van der Waals surface area contributed by atoms with E-state index < -0.39 is 0 Å². The molecule has 2 aliphatic rings. The van der Waals surface area contributed by atoms with Gasteiger partial charge in [0.1, 0.15) is 11.6 Å². The minimum absolute atomic E-state index is 0.0220. The number of anilines is 1. The standard InChI is InChI=1S/C25H32N4O3/c1-16(2)12-22(30)28-11-6-5-10-21(28)24-26-17(3)20-14-23(31)29(25(20)27-24)15-18-8-7-9-19(13-18)32-4/h7-9,13,16,21H,5-6,10-12,14-15H2,1-4H3/t21-/m0/s1. The first kappa shape index (κ1) is 22.2. The molecular weight excluding hydrogens is 404 g/mol. The predicted molar refractivity (Wildman–Crippen MR) is 122 cm³/mol. The van der Waals surface area contributed by atoms with E-state index in [0.29, 0.717) is 36.9 Å². The first-order valence-corrected chi connectivity index (χ1v) is 11.5. The molecule has 1 aromatic heterocycles. The maximum absolute atomic E-state index is 12.9. The number of likely N-dealkylation sites (tertiary alicyclic amines) is 1. The number of hydrogen-bond donors (Lipinski definition) is 0. The third kappa shape index (κ3) is 4.47. The number of aryl methyl sites for hydroxylation is 1. The summed E-state index contributed by atoms with van der Waals surface area (Å²) in [6, 6.07) is 7.60. The zero-order chi connectivity index (χ0) is 22.8. The highest BCUT2D eigenvalue weighted by atomic mass is 16.5. The van der Waals surface area contributed by atoms with Gasteiger partial charge in [-0.05, 0) is 49.8 Å². The maximum Gasteiger partial charge on any atom is 0.233 e. The number of piperidine rings is 1. The van der Waals surface area contributed by atoms with E-state index in [-0.39, 0.29) is 17.9 Å². The Bertz CT molecular complexity index is 1020. The van der Waals surface area contributed by atoms with E-state index in [1.165, 1.54) is 0 Å². The van der Waals surface area contributed by atoms with Crippen molar-refractivity contribution >= 4 is 17.6 Å². The number of methoxy groups -OCH3 is 1. The van der Waals surface area contributed by atoms with Crippen molar-refractivity contribution in [3.8, 4) is 5.75 Å². The summed E-state index contributed by atoms with van der Waals surface area (Å²) in [5, 5.41) is 0. The van der Waals surface area contributed by atoms with Crippen molar-refractivity contribution in [3.63, 3.8) is 0 Å². The van der Waals surface area contributed by atoms with Gasteiger partial charge in [0, 0.05) is 24.2 Å². The van der Waals surface area contributed by atoms with Crippen LogP contribution in [0.5, 0.6) is 5.75 Å². The van der Waals surface area contributed by atoms with Gasteiger partial charge in [-0.2, -0.15) is 0 Å². The summed E-state index contributed by atoms with van der Waals surface area (Å²) in [6.45, 7) is 7.24. The Kier molecular flexibility index (Phi) is 6.44. The Morgan fingerprint density at radius 1 is 1.25 bits per heavy atom. The third-order valence-electron chi connectivity index (χ3n) is 6.27. The fourth-order valence-corrected chi connectivity index (χ4v) is 4.63. The number of nitrogens with zero attached hydrogens (tertiary/aromatic N) is 4. The number of carbonyl (C=O) groups excluding carboxylic acids is 2. The molecule has 1 aromatic carbocycles. The summed E-state index contributed by atoms with van der Waals surface area (Å²) in [5.74, 6) is 2.59. The molecule has 7 heteroatoms. The number of fused-ring (bicyclic) bond motifs is 1. The van der Waals surface area contributed by atoms with Crippen LogP contribution in [0.25, 0.3) is 0 Å². The Balaban J connectivity index is 1.66. The first-order valence-electron chi connectivity index (χ1n) is 11.5. The number of benzene rings is 1. The molecule has 0 bridgehead atoms. The third-order valence-corrected chi connectivity index (χ3v) is 6.27. The predicted octanol–water partition coefficient (Wildman–Crippen LogP) is 3.98. The van der Waals surface area contributed by atoms with Gasteiger partial charge in [-0.25, -0.2) is 9.97 Å². The molecule has 0 radical (unpaired) electrons. The Morgan fingerprint density at radius 2 is 2.06 bits per heavy atom. The van der Waals surface area contributed by atoms with Crippen LogP contribution in [0.3, 0.4) is 0 Å². The molecule has 0 N–H and O–H groups in total. The average Bonchev–Trinajstić information content (AvgIpc) is 3.09. The van der Waals surface area contributed by atoms with Gasteiger partial charge >= 0.3 is 0 Å². The molecule has 0 spiro atoms. The molecule has 0 aliphatic carbocycles. The molecule has 2 aromatic rings. The van der Waals surface area contributed by atoms with Gasteiger partial charge in [0.2, 0.25) is 11.8 Å². The van der Waals surface area contributed by atoms with E-state index >= 15 is 0 Å². The van der Waals surface area contributed by atoms with Gasteiger partial charge in [-0.15, -0.1) is 0 Å². The molecule has 32 heavy (non-hydrogen) atoms. The SMILES string of the molecule is COc1cccc(CN2C(=O)Cc3c(C)nc([C@@H]4CCCCN4C(=O)CC(C)C)nc32)c1. The monoisotopic (exact) mass is 436 g/mol. The Morgan fingerprint density at radius 3 is 2.81 bits per heavy atom. The topological polar surface area (TPSA) is 75.6 Å². The summed E-state index contributed by atoms with van der Waals surface area (Å²) < 4.78 is 5.33. The van der Waals surface area contributed by atoms with E-state index in [9.17, 15) is 9.59 Å². The van der Waals surface area contributed by atoms with Gasteiger partial charge in [-0.1, -0.05) is 26.0 Å². The minimum atomic E-state index is -0.131. The van der Waals surface area contributed by atoms with E-state index in [4.69, 9.17) is 14.7 Å². The summed E-state index contributed by atoms with van der Waals surface area (Å²) in [5.41, 5.74) is 2.70. The molecule has 2 amide bonds. The van der Waals surface area contributed by atoms with Crippen LogP contribution in [0.2, 0.25) is 0 Å². The largest absolute Gasteiger partial charge is 0.497 e. The van der Waals surface area contributed by atoms with Crippen LogP contribution in [0.1, 0.15) is 68.2 Å². The lowest BCUT2D eigenvalue weighted by Gasteiger charge is -2.35. The van der Waals surface area contributed by atoms with E-state index in [1.807, 2.05) is 36.1 Å². The number of carbonyl (C=O) groups is 2. The fourth-order valence-electron chi connectivity index (χ4n) is 4.63. The van der Waals surface area contributed by atoms with Crippen LogP contribution in [0.4, 0.5) is 5.82 Å². The zero-order valence-corrected chi connectivity index (χ0v) is 19.4. The molecule has 0 unspecified atom stereocenters. The summed E-state index contributed by atoms with van der Waals surface area (Å²) in [7, 11) is 1.63. The number of amides is 2. The highest BCUT2D eigenvalue weighted by Gasteiger charge is 2.35. The lowest BCUT2D eigenvalue weighted by molar-refractivity contribution is -0.136. The normalized spacial score (nSPS) is 18.3. The van der Waals surface area contributed by atoms with Crippen LogP contribution in [0, 0.1) is 12.8 Å². The molecular formula is C25H32N4O3. The van der Waals surface area contributed by atoms with Crippen molar-refractivity contribution in [1.82, 2.24) is 14.9 Å². The van der Waals surface area contributed by atoms with Crippen molar-refractivity contribution in [2.24, 2.45) is 5.92 Å². The van der Waals surface area contributed by atoms with Crippen LogP contribution in [-0.4, -0.2) is 40.3 Å². The van der Waals surface area contributed by atoms with Crippen molar-refractivity contribution in [2.75, 3.05) is 18.6 Å². The van der Waals surface area contributed by atoms with Crippen LogP contribution >= 0.6 is 0 Å². The Hall–Kier alpha value is -2.96. The van der Waals surface area contributed by atoms with Crippen molar-refractivity contribution in [2.45, 2.75) is 65.5 Å². The van der Waals surface area contributed by atoms with Crippen LogP contribution in [-0.2, 0) is 22.6 Å². The van der Waals surface area contributed by atoms with Gasteiger partial charge in [0.15, 0.2) is 5.82 Å². The lowest BCUT2D eigenvalue weighted by Crippen LogP contribution is -2.40. The molecule has 1 atom stereocenters. The van der Waals surface area contributed by atoms with E-state index in [0.717, 1.165) is 48.4 Å². The molecule has 7 nitrogen and oxygen atoms in total. The number of aromatic nitrogens is 2. The van der Waals surface area contributed by atoms with E-state index in [1.54, 1.807) is 12.0 Å². The maximum atomic E-state index is 12.9. The Labute approximate surface area is 189 Å². The van der Waals surface area contributed by atoms with Crippen LogP contribution in [0.15, 0.2) is 24.3 Å². The van der Waals surface area contributed by atoms with Crippen molar-refractivity contribution < 1.29 is 14.3 Å². The first-order chi connectivity index (χ1) is 15.4. The highest BCUT2D eigenvalue weighted by molar-refractivity contribution is 6.00. The van der Waals surface area contributed by atoms with Gasteiger partial charge in [-0.3, -0.25) is 14.5 Å². The second kappa shape index (κ2) is 9.27. The van der Waals surface area contributed by atoms with Gasteiger partial charge < -0.3 is 9.64 Å². The second-order valence-electron chi connectivity index (χ2n) is 9.17. The van der Waals surface area contributed by atoms with Crippen LogP contribution < -0.4 is 9.64 Å². The molecule has 1 fully saturated rings. The fraction of sp³-hybridized carbons (Fsp3) is 0.520. The molecule has 170 valence electrons. The molecule has 3 heterocycles. The number of ether oxygens (including phenoxy) is 1. The average molecular weight is 437 g/mol. The molecule has 4 rings (SSSR count). The summed E-state index contributed by atoms with van der Waals surface area (Å²) in [4.78, 5) is 39.2. The van der Waals surface area contributed by atoms with Crippen molar-refractivity contribution in [1.29, 1.82) is 0 Å². The quantitative estimate of drug-likeness (QED) is 0.685. The summed E-state index contributed by atoms with van der Waals surface area (Å²) >= 11 is 0. The smallest absolute Gasteiger partial charge is 0.233 e.